The number of carbonyl (C=O) groups excluding carboxylic acids is 1. The summed E-state index contributed by atoms with van der Waals surface area (Å²) in [5.74, 6) is -0.475. The van der Waals surface area contributed by atoms with Crippen LogP contribution in [0.1, 0.15) is 38.7 Å². The van der Waals surface area contributed by atoms with Crippen LogP contribution < -0.4 is 4.72 Å². The van der Waals surface area contributed by atoms with Gasteiger partial charge in [0.05, 0.1) is 5.25 Å². The maximum atomic E-state index is 11.9. The Labute approximate surface area is 125 Å². The molecule has 0 radical (unpaired) electrons. The van der Waals surface area contributed by atoms with Crippen LogP contribution >= 0.6 is 11.6 Å². The molecule has 0 heterocycles. The predicted molar refractivity (Wildman–Crippen MR) is 81.2 cm³/mol. The monoisotopic (exact) mass is 317 g/mol. The molecule has 0 atom stereocenters. The number of hydrogen-bond donors (Lipinski definition) is 1. The first-order chi connectivity index (χ1) is 9.39. The Balaban J connectivity index is 2.56. The lowest BCUT2D eigenvalue weighted by molar-refractivity contribution is -0.119. The molecule has 1 aromatic carbocycles. The lowest BCUT2D eigenvalue weighted by atomic mass is 10.1. The third-order valence-electron chi connectivity index (χ3n) is 3.14. The Morgan fingerprint density at radius 1 is 1.30 bits per heavy atom. The van der Waals surface area contributed by atoms with E-state index in [0.717, 1.165) is 5.56 Å². The molecule has 1 aromatic rings. The van der Waals surface area contributed by atoms with Crippen molar-refractivity contribution in [3.63, 3.8) is 0 Å². The van der Waals surface area contributed by atoms with E-state index in [4.69, 9.17) is 11.6 Å². The normalized spacial score (nSPS) is 11.6. The number of aryl methyl sites for hydroxylation is 1. The first-order valence-electron chi connectivity index (χ1n) is 6.68. The van der Waals surface area contributed by atoms with Gasteiger partial charge in [0.1, 0.15) is 0 Å². The second-order valence-corrected chi connectivity index (χ2v) is 7.04. The summed E-state index contributed by atoms with van der Waals surface area (Å²) >= 11 is 5.85. The fourth-order valence-electron chi connectivity index (χ4n) is 1.97. The molecule has 0 fully saturated rings. The van der Waals surface area contributed by atoms with E-state index >= 15 is 0 Å². The Hall–Kier alpha value is -1.07. The van der Waals surface area contributed by atoms with Crippen molar-refractivity contribution < 1.29 is 13.2 Å². The van der Waals surface area contributed by atoms with Crippen LogP contribution in [0.5, 0.6) is 0 Å². The van der Waals surface area contributed by atoms with Crippen LogP contribution in [-0.2, 0) is 21.2 Å². The molecular weight excluding hydrogens is 298 g/mol. The zero-order valence-electron chi connectivity index (χ0n) is 11.7. The zero-order valence-corrected chi connectivity index (χ0v) is 13.3. The average molecular weight is 318 g/mol. The molecule has 20 heavy (non-hydrogen) atoms. The Morgan fingerprint density at radius 3 is 2.50 bits per heavy atom. The summed E-state index contributed by atoms with van der Waals surface area (Å²) in [7, 11) is -3.56. The van der Waals surface area contributed by atoms with E-state index in [-0.39, 0.29) is 6.42 Å². The predicted octanol–water partition coefficient (Wildman–Crippen LogP) is 2.91. The summed E-state index contributed by atoms with van der Waals surface area (Å²) in [5, 5.41) is 0.0881. The van der Waals surface area contributed by atoms with Crippen LogP contribution in [0.4, 0.5) is 0 Å². The van der Waals surface area contributed by atoms with E-state index in [0.29, 0.717) is 24.3 Å². The molecule has 0 spiro atoms. The van der Waals surface area contributed by atoms with E-state index in [2.05, 4.69) is 4.72 Å². The SMILES string of the molecule is CCC(CC)S(=O)(=O)NC(=O)CCc1cccc(Cl)c1. The van der Waals surface area contributed by atoms with Gasteiger partial charge in [-0.05, 0) is 37.0 Å². The number of amides is 1. The van der Waals surface area contributed by atoms with Crippen molar-refractivity contribution in [2.75, 3.05) is 0 Å². The average Bonchev–Trinajstić information content (AvgIpc) is 2.37. The summed E-state index contributed by atoms with van der Waals surface area (Å²) in [4.78, 5) is 11.7. The van der Waals surface area contributed by atoms with Crippen molar-refractivity contribution in [2.45, 2.75) is 44.8 Å². The highest BCUT2D eigenvalue weighted by molar-refractivity contribution is 7.90. The third-order valence-corrected chi connectivity index (χ3v) is 5.43. The minimum Gasteiger partial charge on any atom is -0.274 e. The number of carbonyl (C=O) groups is 1. The van der Waals surface area contributed by atoms with Gasteiger partial charge in [0, 0.05) is 11.4 Å². The Kier molecular flexibility index (Phi) is 6.49. The van der Waals surface area contributed by atoms with E-state index in [1.54, 1.807) is 32.0 Å². The smallest absolute Gasteiger partial charge is 0.237 e. The fourth-order valence-corrected chi connectivity index (χ4v) is 3.65. The van der Waals surface area contributed by atoms with Gasteiger partial charge in [0.15, 0.2) is 0 Å². The molecule has 6 heteroatoms. The molecule has 1 amide bonds. The van der Waals surface area contributed by atoms with E-state index < -0.39 is 21.2 Å². The van der Waals surface area contributed by atoms with Crippen molar-refractivity contribution in [3.05, 3.63) is 34.9 Å². The van der Waals surface area contributed by atoms with E-state index in [1.165, 1.54) is 0 Å². The molecule has 0 aliphatic heterocycles. The highest BCUT2D eigenvalue weighted by atomic mass is 35.5. The van der Waals surface area contributed by atoms with Gasteiger partial charge in [-0.15, -0.1) is 0 Å². The lowest BCUT2D eigenvalue weighted by Gasteiger charge is -2.14. The number of benzene rings is 1. The van der Waals surface area contributed by atoms with Crippen LogP contribution in [0.15, 0.2) is 24.3 Å². The van der Waals surface area contributed by atoms with Gasteiger partial charge in [-0.2, -0.15) is 0 Å². The fraction of sp³-hybridized carbons (Fsp3) is 0.500. The van der Waals surface area contributed by atoms with Crippen LogP contribution in [-0.4, -0.2) is 19.6 Å². The molecule has 0 aliphatic carbocycles. The minimum absolute atomic E-state index is 0.125. The van der Waals surface area contributed by atoms with E-state index in [1.807, 2.05) is 6.07 Å². The topological polar surface area (TPSA) is 63.2 Å². The second-order valence-electron chi connectivity index (χ2n) is 4.64. The summed E-state index contributed by atoms with van der Waals surface area (Å²) in [6.45, 7) is 3.59. The summed E-state index contributed by atoms with van der Waals surface area (Å²) < 4.78 is 26.0. The molecular formula is C14H20ClNO3S. The number of hydrogen-bond acceptors (Lipinski definition) is 3. The van der Waals surface area contributed by atoms with Crippen LogP contribution in [0.2, 0.25) is 5.02 Å². The molecule has 4 nitrogen and oxygen atoms in total. The quantitative estimate of drug-likeness (QED) is 0.841. The van der Waals surface area contributed by atoms with Gasteiger partial charge in [-0.1, -0.05) is 37.6 Å². The van der Waals surface area contributed by atoms with E-state index in [9.17, 15) is 13.2 Å². The Bertz CT molecular complexity index is 553. The second kappa shape index (κ2) is 7.64. The van der Waals surface area contributed by atoms with Gasteiger partial charge in [-0.3, -0.25) is 9.52 Å². The highest BCUT2D eigenvalue weighted by Gasteiger charge is 2.23. The summed E-state index contributed by atoms with van der Waals surface area (Å²) in [5.41, 5.74) is 0.910. The van der Waals surface area contributed by atoms with Crippen LogP contribution in [0.3, 0.4) is 0 Å². The first-order valence-corrected chi connectivity index (χ1v) is 8.60. The van der Waals surface area contributed by atoms with Gasteiger partial charge in [0.2, 0.25) is 15.9 Å². The van der Waals surface area contributed by atoms with Gasteiger partial charge >= 0.3 is 0 Å². The first kappa shape index (κ1) is 17.0. The van der Waals surface area contributed by atoms with Crippen molar-refractivity contribution >= 4 is 27.5 Å². The van der Waals surface area contributed by atoms with Gasteiger partial charge in [0.25, 0.3) is 0 Å². The van der Waals surface area contributed by atoms with Crippen molar-refractivity contribution in [1.29, 1.82) is 0 Å². The van der Waals surface area contributed by atoms with Crippen molar-refractivity contribution in [2.24, 2.45) is 0 Å². The van der Waals surface area contributed by atoms with Crippen LogP contribution in [0, 0.1) is 0 Å². The lowest BCUT2D eigenvalue weighted by Crippen LogP contribution is -2.37. The summed E-state index contributed by atoms with van der Waals surface area (Å²) in [6.07, 6.45) is 1.57. The number of sulfonamides is 1. The minimum atomic E-state index is -3.56. The molecule has 0 aromatic heterocycles. The number of rotatable bonds is 7. The largest absolute Gasteiger partial charge is 0.274 e. The molecule has 0 saturated heterocycles. The molecule has 0 unspecified atom stereocenters. The van der Waals surface area contributed by atoms with Crippen molar-refractivity contribution in [3.8, 4) is 0 Å². The van der Waals surface area contributed by atoms with Crippen LogP contribution in [0.25, 0.3) is 0 Å². The summed E-state index contributed by atoms with van der Waals surface area (Å²) in [6, 6.07) is 7.18. The third kappa shape index (κ3) is 5.13. The number of nitrogens with one attached hydrogen (secondary N) is 1. The molecule has 1 N–H and O–H groups in total. The molecule has 112 valence electrons. The molecule has 0 bridgehead atoms. The van der Waals surface area contributed by atoms with Crippen molar-refractivity contribution in [1.82, 2.24) is 4.72 Å². The molecule has 0 aliphatic rings. The maximum absolute atomic E-state index is 11.9. The maximum Gasteiger partial charge on any atom is 0.237 e. The molecule has 0 saturated carbocycles. The highest BCUT2D eigenvalue weighted by Crippen LogP contribution is 2.13. The molecule has 1 rings (SSSR count). The standard InChI is InChI=1S/C14H20ClNO3S/c1-3-13(4-2)20(18,19)16-14(17)9-8-11-6-5-7-12(15)10-11/h5-7,10,13H,3-4,8-9H2,1-2H3,(H,16,17). The Morgan fingerprint density at radius 2 is 1.95 bits per heavy atom. The van der Waals surface area contributed by atoms with Gasteiger partial charge in [-0.25, -0.2) is 8.42 Å². The zero-order chi connectivity index (χ0) is 15.2. The number of halogens is 1. The van der Waals surface area contributed by atoms with Gasteiger partial charge < -0.3 is 0 Å².